The highest BCUT2D eigenvalue weighted by Crippen LogP contribution is 2.17. The first-order valence-electron chi connectivity index (χ1n) is 6.18. The van der Waals surface area contributed by atoms with Gasteiger partial charge in [-0.15, -0.1) is 0 Å². The molecular formula is C13H10N4O6. The number of hydrogen-bond donors (Lipinski definition) is 2. The molecule has 118 valence electrons. The smallest absolute Gasteiger partial charge is 0.409 e. The zero-order valence-corrected chi connectivity index (χ0v) is 11.5. The first kappa shape index (κ1) is 15.7. The lowest BCUT2D eigenvalue weighted by Crippen LogP contribution is -2.32. The number of rotatable bonds is 5. The van der Waals surface area contributed by atoms with Crippen molar-refractivity contribution in [1.82, 2.24) is 5.43 Å². The minimum atomic E-state index is -0.850. The molecule has 0 aromatic heterocycles. The monoisotopic (exact) mass is 318 g/mol. The summed E-state index contributed by atoms with van der Waals surface area (Å²) in [7, 11) is 0. The number of non-ortho nitro benzene ring substituents is 2. The Morgan fingerprint density at radius 2 is 1.35 bits per heavy atom. The zero-order valence-electron chi connectivity index (χ0n) is 11.5. The minimum absolute atomic E-state index is 0.0796. The first-order valence-corrected chi connectivity index (χ1v) is 6.18. The Balaban J connectivity index is 1.87. The van der Waals surface area contributed by atoms with Crippen LogP contribution < -0.4 is 15.6 Å². The van der Waals surface area contributed by atoms with Crippen LogP contribution in [0, 0.1) is 20.2 Å². The highest BCUT2D eigenvalue weighted by atomic mass is 16.6. The Labute approximate surface area is 129 Å². The molecule has 0 aliphatic rings. The van der Waals surface area contributed by atoms with Gasteiger partial charge in [0.2, 0.25) is 0 Å². The summed E-state index contributed by atoms with van der Waals surface area (Å²) in [5.41, 5.74) is 4.93. The van der Waals surface area contributed by atoms with E-state index in [1.54, 1.807) is 0 Å². The lowest BCUT2D eigenvalue weighted by atomic mass is 10.3. The molecule has 23 heavy (non-hydrogen) atoms. The van der Waals surface area contributed by atoms with E-state index in [4.69, 9.17) is 4.74 Å². The van der Waals surface area contributed by atoms with Crippen molar-refractivity contribution >= 4 is 23.2 Å². The third kappa shape index (κ3) is 4.39. The Morgan fingerprint density at radius 3 is 1.83 bits per heavy atom. The maximum Gasteiger partial charge on any atom is 0.431 e. The molecule has 0 fully saturated rings. The molecule has 0 unspecified atom stereocenters. The van der Waals surface area contributed by atoms with Gasteiger partial charge in [0.25, 0.3) is 11.4 Å². The van der Waals surface area contributed by atoms with E-state index in [0.29, 0.717) is 5.69 Å². The number of anilines is 1. The van der Waals surface area contributed by atoms with Crippen LogP contribution in [-0.4, -0.2) is 15.9 Å². The highest BCUT2D eigenvalue weighted by molar-refractivity contribution is 5.72. The van der Waals surface area contributed by atoms with E-state index in [-0.39, 0.29) is 17.1 Å². The molecular weight excluding hydrogens is 308 g/mol. The fourth-order valence-corrected chi connectivity index (χ4v) is 1.56. The Bertz CT molecular complexity index is 729. The molecule has 0 aliphatic carbocycles. The van der Waals surface area contributed by atoms with Crippen LogP contribution in [0.25, 0.3) is 0 Å². The third-order valence-electron chi connectivity index (χ3n) is 2.65. The largest absolute Gasteiger partial charge is 0.431 e. The van der Waals surface area contributed by atoms with E-state index < -0.39 is 15.9 Å². The number of amides is 1. The molecule has 0 saturated heterocycles. The van der Waals surface area contributed by atoms with Crippen molar-refractivity contribution in [1.29, 1.82) is 0 Å². The summed E-state index contributed by atoms with van der Waals surface area (Å²) in [6.07, 6.45) is -0.850. The van der Waals surface area contributed by atoms with E-state index in [0.717, 1.165) is 0 Å². The van der Waals surface area contributed by atoms with Gasteiger partial charge in [-0.05, 0) is 24.3 Å². The SMILES string of the molecule is O=C(NNc1ccc([N+](=O)[O-])cc1)Oc1ccc([N+](=O)[O-])cc1. The molecule has 2 aromatic carbocycles. The number of nitro benzene ring substituents is 2. The van der Waals surface area contributed by atoms with Crippen molar-refractivity contribution in [3.63, 3.8) is 0 Å². The number of hydrazine groups is 1. The summed E-state index contributed by atoms with van der Waals surface area (Å²) < 4.78 is 4.89. The molecule has 2 N–H and O–H groups in total. The molecule has 0 bridgehead atoms. The van der Waals surface area contributed by atoms with Crippen molar-refractivity contribution < 1.29 is 19.4 Å². The number of ether oxygens (including phenoxy) is 1. The van der Waals surface area contributed by atoms with Crippen LogP contribution >= 0.6 is 0 Å². The Kier molecular flexibility index (Phi) is 4.67. The molecule has 0 heterocycles. The predicted molar refractivity (Wildman–Crippen MR) is 79.0 cm³/mol. The van der Waals surface area contributed by atoms with Crippen LogP contribution in [0.5, 0.6) is 5.75 Å². The summed E-state index contributed by atoms with van der Waals surface area (Å²) in [5.74, 6) is 0.124. The standard InChI is InChI=1S/C13H10N4O6/c18-13(23-12-7-5-11(6-8-12)17(21)22)15-14-9-1-3-10(4-2-9)16(19)20/h1-8,14H,(H,15,18). The maximum atomic E-state index is 11.5. The van der Waals surface area contributed by atoms with Gasteiger partial charge < -0.3 is 4.74 Å². The van der Waals surface area contributed by atoms with Crippen molar-refractivity contribution in [2.24, 2.45) is 0 Å². The van der Waals surface area contributed by atoms with Gasteiger partial charge in [-0.25, -0.2) is 10.2 Å². The summed E-state index contributed by atoms with van der Waals surface area (Å²) >= 11 is 0. The van der Waals surface area contributed by atoms with Gasteiger partial charge in [-0.3, -0.25) is 25.7 Å². The van der Waals surface area contributed by atoms with Gasteiger partial charge in [0, 0.05) is 24.3 Å². The topological polar surface area (TPSA) is 137 Å². The molecule has 0 aliphatic heterocycles. The van der Waals surface area contributed by atoms with Crippen LogP contribution in [0.3, 0.4) is 0 Å². The maximum absolute atomic E-state index is 11.5. The van der Waals surface area contributed by atoms with Crippen molar-refractivity contribution in [2.75, 3.05) is 5.43 Å². The highest BCUT2D eigenvalue weighted by Gasteiger charge is 2.08. The molecule has 0 spiro atoms. The van der Waals surface area contributed by atoms with Gasteiger partial charge >= 0.3 is 6.09 Å². The van der Waals surface area contributed by atoms with Crippen LogP contribution in [-0.2, 0) is 0 Å². The number of nitrogens with zero attached hydrogens (tertiary/aromatic N) is 2. The fraction of sp³-hybridized carbons (Fsp3) is 0. The number of carbonyl (C=O) groups excluding carboxylic acids is 1. The molecule has 0 radical (unpaired) electrons. The summed E-state index contributed by atoms with van der Waals surface area (Å²) in [5, 5.41) is 21.0. The van der Waals surface area contributed by atoms with E-state index in [9.17, 15) is 25.0 Å². The van der Waals surface area contributed by atoms with E-state index in [1.165, 1.54) is 48.5 Å². The van der Waals surface area contributed by atoms with E-state index in [2.05, 4.69) is 10.9 Å². The van der Waals surface area contributed by atoms with Crippen LogP contribution in [0.4, 0.5) is 21.9 Å². The summed E-state index contributed by atoms with van der Waals surface area (Å²) in [6.45, 7) is 0. The molecule has 0 saturated carbocycles. The van der Waals surface area contributed by atoms with Crippen LogP contribution in [0.2, 0.25) is 0 Å². The molecule has 1 amide bonds. The van der Waals surface area contributed by atoms with Gasteiger partial charge in [-0.1, -0.05) is 0 Å². The zero-order chi connectivity index (χ0) is 16.8. The van der Waals surface area contributed by atoms with Crippen molar-refractivity contribution in [2.45, 2.75) is 0 Å². The van der Waals surface area contributed by atoms with Gasteiger partial charge in [0.05, 0.1) is 15.5 Å². The minimum Gasteiger partial charge on any atom is -0.409 e. The first-order chi connectivity index (χ1) is 11.0. The van der Waals surface area contributed by atoms with E-state index in [1.807, 2.05) is 0 Å². The second kappa shape index (κ2) is 6.85. The van der Waals surface area contributed by atoms with Gasteiger partial charge in [0.15, 0.2) is 0 Å². The molecule has 10 nitrogen and oxygen atoms in total. The quantitative estimate of drug-likeness (QED) is 0.638. The van der Waals surface area contributed by atoms with Gasteiger partial charge in [0.1, 0.15) is 5.75 Å². The molecule has 2 rings (SSSR count). The normalized spacial score (nSPS) is 9.74. The third-order valence-corrected chi connectivity index (χ3v) is 2.65. The lowest BCUT2D eigenvalue weighted by molar-refractivity contribution is -0.385. The number of nitro groups is 2. The fourth-order valence-electron chi connectivity index (χ4n) is 1.56. The lowest BCUT2D eigenvalue weighted by Gasteiger charge is -2.08. The van der Waals surface area contributed by atoms with E-state index >= 15 is 0 Å². The van der Waals surface area contributed by atoms with Crippen molar-refractivity contribution in [3.8, 4) is 5.75 Å². The van der Waals surface area contributed by atoms with Crippen molar-refractivity contribution in [3.05, 3.63) is 68.8 Å². The number of carbonyl (C=O) groups is 1. The molecule has 10 heteroatoms. The number of hydrogen-bond acceptors (Lipinski definition) is 7. The number of nitrogens with one attached hydrogen (secondary N) is 2. The second-order valence-electron chi connectivity index (χ2n) is 4.19. The molecule has 0 atom stereocenters. The predicted octanol–water partition coefficient (Wildman–Crippen LogP) is 2.62. The Morgan fingerprint density at radius 1 is 0.870 bits per heavy atom. The summed E-state index contributed by atoms with van der Waals surface area (Å²) in [6, 6.07) is 10.3. The number of benzene rings is 2. The Hall–Kier alpha value is -3.69. The van der Waals surface area contributed by atoms with Crippen LogP contribution in [0.1, 0.15) is 0 Å². The average Bonchev–Trinajstić information content (AvgIpc) is 2.54. The molecule has 2 aromatic rings. The van der Waals surface area contributed by atoms with Gasteiger partial charge in [-0.2, -0.15) is 0 Å². The summed E-state index contributed by atoms with van der Waals surface area (Å²) in [4.78, 5) is 31.4. The second-order valence-corrected chi connectivity index (χ2v) is 4.19. The average molecular weight is 318 g/mol. The van der Waals surface area contributed by atoms with Crippen LogP contribution in [0.15, 0.2) is 48.5 Å².